The Morgan fingerprint density at radius 3 is 1.55 bits per heavy atom. The Morgan fingerprint density at radius 2 is 1.18 bits per heavy atom. The zero-order valence-electron chi connectivity index (χ0n) is 12.6. The highest BCUT2D eigenvalue weighted by Crippen LogP contribution is 2.16. The summed E-state index contributed by atoms with van der Waals surface area (Å²) in [5, 5.41) is 18.2. The standard InChI is InChI=1S/C16H22N4O2/c21-11-9-19-7-5-17-15(19)13-1-2-14(4-3-13)16-18-6-8-20(16)10-12-22/h1-4,21-22H,5-12H2. The maximum Gasteiger partial charge on any atom is 0.131 e. The molecule has 22 heavy (non-hydrogen) atoms. The molecule has 0 unspecified atom stereocenters. The molecule has 2 N–H and O–H groups in total. The highest BCUT2D eigenvalue weighted by atomic mass is 16.3. The monoisotopic (exact) mass is 302 g/mol. The van der Waals surface area contributed by atoms with Gasteiger partial charge in [-0.25, -0.2) is 0 Å². The quantitative estimate of drug-likeness (QED) is 0.763. The summed E-state index contributed by atoms with van der Waals surface area (Å²) in [4.78, 5) is 13.3. The maximum absolute atomic E-state index is 9.12. The third-order valence-electron chi connectivity index (χ3n) is 4.00. The van der Waals surface area contributed by atoms with E-state index < -0.39 is 0 Å². The van der Waals surface area contributed by atoms with E-state index >= 15 is 0 Å². The summed E-state index contributed by atoms with van der Waals surface area (Å²) < 4.78 is 0. The number of benzene rings is 1. The Labute approximate surface area is 130 Å². The van der Waals surface area contributed by atoms with Gasteiger partial charge in [0.15, 0.2) is 0 Å². The summed E-state index contributed by atoms with van der Waals surface area (Å²) in [6.45, 7) is 4.84. The van der Waals surface area contributed by atoms with Crippen molar-refractivity contribution >= 4 is 11.7 Å². The molecule has 0 saturated heterocycles. The minimum absolute atomic E-state index is 0.143. The second kappa shape index (κ2) is 6.89. The van der Waals surface area contributed by atoms with Gasteiger partial charge in [-0.15, -0.1) is 0 Å². The predicted octanol–water partition coefficient (Wildman–Crippen LogP) is -0.204. The van der Waals surface area contributed by atoms with E-state index in [4.69, 9.17) is 10.2 Å². The summed E-state index contributed by atoms with van der Waals surface area (Å²) in [7, 11) is 0. The summed E-state index contributed by atoms with van der Waals surface area (Å²) >= 11 is 0. The largest absolute Gasteiger partial charge is 0.395 e. The lowest BCUT2D eigenvalue weighted by Gasteiger charge is -2.21. The molecule has 3 rings (SSSR count). The van der Waals surface area contributed by atoms with Crippen LogP contribution in [0, 0.1) is 0 Å². The van der Waals surface area contributed by atoms with E-state index in [1.807, 2.05) is 0 Å². The number of amidine groups is 2. The molecule has 2 aliphatic rings. The first-order valence-electron chi connectivity index (χ1n) is 7.75. The van der Waals surface area contributed by atoms with E-state index in [1.165, 1.54) is 0 Å². The van der Waals surface area contributed by atoms with Crippen molar-refractivity contribution in [3.8, 4) is 0 Å². The molecule has 0 amide bonds. The lowest BCUT2D eigenvalue weighted by atomic mass is 10.1. The lowest BCUT2D eigenvalue weighted by Crippen LogP contribution is -2.32. The van der Waals surface area contributed by atoms with Crippen molar-refractivity contribution in [3.63, 3.8) is 0 Å². The van der Waals surface area contributed by atoms with E-state index in [9.17, 15) is 0 Å². The van der Waals surface area contributed by atoms with Crippen LogP contribution >= 0.6 is 0 Å². The third-order valence-corrected chi connectivity index (χ3v) is 4.00. The highest BCUT2D eigenvalue weighted by Gasteiger charge is 2.20. The van der Waals surface area contributed by atoms with Gasteiger partial charge in [-0.1, -0.05) is 24.3 Å². The van der Waals surface area contributed by atoms with Gasteiger partial charge in [0.25, 0.3) is 0 Å². The maximum atomic E-state index is 9.12. The van der Waals surface area contributed by atoms with Gasteiger partial charge in [0.05, 0.1) is 26.3 Å². The first kappa shape index (κ1) is 15.0. The second-order valence-corrected chi connectivity index (χ2v) is 5.41. The fourth-order valence-corrected chi connectivity index (χ4v) is 2.96. The van der Waals surface area contributed by atoms with Gasteiger partial charge < -0.3 is 20.0 Å². The summed E-state index contributed by atoms with van der Waals surface area (Å²) in [5.74, 6) is 1.92. The molecule has 0 aliphatic carbocycles. The van der Waals surface area contributed by atoms with E-state index in [0.717, 1.165) is 49.0 Å². The zero-order chi connectivity index (χ0) is 15.4. The molecule has 6 heteroatoms. The van der Waals surface area contributed by atoms with Gasteiger partial charge in [-0.05, 0) is 0 Å². The van der Waals surface area contributed by atoms with E-state index in [-0.39, 0.29) is 13.2 Å². The molecule has 1 aromatic carbocycles. The highest BCUT2D eigenvalue weighted by molar-refractivity contribution is 6.03. The lowest BCUT2D eigenvalue weighted by molar-refractivity contribution is 0.256. The van der Waals surface area contributed by atoms with Crippen LogP contribution in [0.25, 0.3) is 0 Å². The molecule has 0 radical (unpaired) electrons. The van der Waals surface area contributed by atoms with E-state index in [2.05, 4.69) is 44.1 Å². The number of aliphatic imine (C=N–C) groups is 2. The van der Waals surface area contributed by atoms with Crippen LogP contribution in [-0.2, 0) is 0 Å². The minimum atomic E-state index is 0.143. The van der Waals surface area contributed by atoms with Crippen molar-refractivity contribution in [3.05, 3.63) is 35.4 Å². The third kappa shape index (κ3) is 2.98. The molecule has 0 spiro atoms. The summed E-state index contributed by atoms with van der Waals surface area (Å²) in [6, 6.07) is 8.23. The van der Waals surface area contributed by atoms with Crippen molar-refractivity contribution in [2.45, 2.75) is 0 Å². The zero-order valence-corrected chi connectivity index (χ0v) is 12.6. The summed E-state index contributed by atoms with van der Waals surface area (Å²) in [6.07, 6.45) is 0. The van der Waals surface area contributed by atoms with Crippen molar-refractivity contribution in [2.24, 2.45) is 9.98 Å². The number of rotatable bonds is 6. The number of aliphatic hydroxyl groups excluding tert-OH is 2. The normalized spacial score (nSPS) is 17.9. The molecule has 0 bridgehead atoms. The fourth-order valence-electron chi connectivity index (χ4n) is 2.96. The molecule has 6 nitrogen and oxygen atoms in total. The van der Waals surface area contributed by atoms with E-state index in [1.54, 1.807) is 0 Å². The molecule has 0 atom stereocenters. The van der Waals surface area contributed by atoms with Gasteiger partial charge in [-0.2, -0.15) is 0 Å². The molecule has 0 aromatic heterocycles. The summed E-state index contributed by atoms with van der Waals surface area (Å²) in [5.41, 5.74) is 2.14. The Bertz CT molecular complexity index is 517. The second-order valence-electron chi connectivity index (χ2n) is 5.41. The van der Waals surface area contributed by atoms with Crippen LogP contribution in [0.5, 0.6) is 0 Å². The van der Waals surface area contributed by atoms with Crippen LogP contribution in [0.3, 0.4) is 0 Å². The number of hydrogen-bond acceptors (Lipinski definition) is 6. The average Bonchev–Trinajstić information content (AvgIpc) is 3.18. The molecule has 118 valence electrons. The smallest absolute Gasteiger partial charge is 0.131 e. The van der Waals surface area contributed by atoms with Gasteiger partial charge in [-0.3, -0.25) is 9.98 Å². The predicted molar refractivity (Wildman–Crippen MR) is 86.6 cm³/mol. The van der Waals surface area contributed by atoms with Gasteiger partial charge in [0, 0.05) is 37.3 Å². The molecule has 2 heterocycles. The van der Waals surface area contributed by atoms with Crippen LogP contribution in [-0.4, -0.2) is 84.2 Å². The van der Waals surface area contributed by atoms with E-state index in [0.29, 0.717) is 13.1 Å². The topological polar surface area (TPSA) is 71.7 Å². The van der Waals surface area contributed by atoms with Crippen LogP contribution in [0.4, 0.5) is 0 Å². The molecular formula is C16H22N4O2. The van der Waals surface area contributed by atoms with Gasteiger partial charge in [0.1, 0.15) is 11.7 Å². The Hall–Kier alpha value is -1.92. The first-order valence-corrected chi connectivity index (χ1v) is 7.75. The van der Waals surface area contributed by atoms with Crippen LogP contribution in [0.15, 0.2) is 34.3 Å². The molecule has 2 aliphatic heterocycles. The van der Waals surface area contributed by atoms with Gasteiger partial charge in [0.2, 0.25) is 0 Å². The Kier molecular flexibility index (Phi) is 4.70. The van der Waals surface area contributed by atoms with Crippen molar-refractivity contribution in [2.75, 3.05) is 52.5 Å². The minimum Gasteiger partial charge on any atom is -0.395 e. The molecule has 1 aromatic rings. The molecule has 0 fully saturated rings. The Balaban J connectivity index is 1.76. The van der Waals surface area contributed by atoms with Crippen molar-refractivity contribution < 1.29 is 10.2 Å². The SMILES string of the molecule is OCCN1CCN=C1c1ccc(C2=NCCN2CCO)cc1. The van der Waals surface area contributed by atoms with Crippen LogP contribution in [0.2, 0.25) is 0 Å². The van der Waals surface area contributed by atoms with Crippen LogP contribution < -0.4 is 0 Å². The van der Waals surface area contributed by atoms with Crippen molar-refractivity contribution in [1.82, 2.24) is 9.80 Å². The molecule has 0 saturated carbocycles. The van der Waals surface area contributed by atoms with Crippen molar-refractivity contribution in [1.29, 1.82) is 0 Å². The Morgan fingerprint density at radius 1 is 0.773 bits per heavy atom. The first-order chi connectivity index (χ1) is 10.8. The fraction of sp³-hybridized carbons (Fsp3) is 0.500. The number of hydrogen-bond donors (Lipinski definition) is 2. The van der Waals surface area contributed by atoms with Gasteiger partial charge >= 0.3 is 0 Å². The number of β-amino-alcohol motifs (C(OH)–C–C–N with tert-alkyl or cyclic N) is 2. The van der Waals surface area contributed by atoms with Crippen LogP contribution in [0.1, 0.15) is 11.1 Å². The number of nitrogens with zero attached hydrogens (tertiary/aromatic N) is 4. The average molecular weight is 302 g/mol. The molecular weight excluding hydrogens is 280 g/mol. The number of aliphatic hydroxyl groups is 2.